The third-order valence-electron chi connectivity index (χ3n) is 2.00. The monoisotopic (exact) mass is 267 g/mol. The average Bonchev–Trinajstić information content (AvgIpc) is 2.18. The van der Waals surface area contributed by atoms with E-state index in [-0.39, 0.29) is 13.2 Å². The third kappa shape index (κ3) is 5.79. The van der Waals surface area contributed by atoms with Crippen LogP contribution in [0.4, 0.5) is 13.2 Å². The van der Waals surface area contributed by atoms with Gasteiger partial charge in [0.15, 0.2) is 0 Å². The smallest absolute Gasteiger partial charge is 0.401 e. The maximum absolute atomic E-state index is 11.8. The molecule has 0 saturated carbocycles. The largest absolute Gasteiger partial charge is 0.492 e. The molecule has 0 saturated heterocycles. The van der Waals surface area contributed by atoms with Crippen LogP contribution in [0.25, 0.3) is 0 Å². The molecule has 1 aromatic rings. The number of nitrogens with one attached hydrogen (secondary N) is 1. The predicted molar refractivity (Wildman–Crippen MR) is 60.6 cm³/mol. The molecular formula is C11H13ClF3NO. The van der Waals surface area contributed by atoms with Gasteiger partial charge in [0.1, 0.15) is 12.4 Å². The number of alkyl halides is 3. The van der Waals surface area contributed by atoms with E-state index in [1.807, 2.05) is 6.92 Å². The quantitative estimate of drug-likeness (QED) is 0.828. The van der Waals surface area contributed by atoms with Gasteiger partial charge in [0.25, 0.3) is 0 Å². The van der Waals surface area contributed by atoms with Crippen molar-refractivity contribution in [1.29, 1.82) is 0 Å². The van der Waals surface area contributed by atoms with E-state index >= 15 is 0 Å². The molecule has 0 aromatic heterocycles. The van der Waals surface area contributed by atoms with Crippen molar-refractivity contribution in [3.63, 3.8) is 0 Å². The molecule has 6 heteroatoms. The summed E-state index contributed by atoms with van der Waals surface area (Å²) in [5.74, 6) is 0.628. The molecule has 0 radical (unpaired) electrons. The van der Waals surface area contributed by atoms with Crippen LogP contribution in [-0.4, -0.2) is 25.9 Å². The molecule has 0 unspecified atom stereocenters. The van der Waals surface area contributed by atoms with E-state index in [9.17, 15) is 13.2 Å². The molecule has 1 aromatic carbocycles. The van der Waals surface area contributed by atoms with Crippen LogP contribution in [0.1, 0.15) is 5.56 Å². The summed E-state index contributed by atoms with van der Waals surface area (Å²) in [6.45, 7) is 1.14. The molecule has 0 aliphatic carbocycles. The zero-order valence-corrected chi connectivity index (χ0v) is 10.0. The second-order valence-corrected chi connectivity index (χ2v) is 3.99. The van der Waals surface area contributed by atoms with Gasteiger partial charge in [-0.05, 0) is 30.7 Å². The summed E-state index contributed by atoms with van der Waals surface area (Å²) in [4.78, 5) is 0. The number of hydrogen-bond acceptors (Lipinski definition) is 2. The number of benzene rings is 1. The van der Waals surface area contributed by atoms with E-state index in [4.69, 9.17) is 16.3 Å². The zero-order chi connectivity index (χ0) is 12.9. The van der Waals surface area contributed by atoms with Crippen molar-refractivity contribution in [2.24, 2.45) is 0 Å². The minimum atomic E-state index is -4.18. The first-order valence-corrected chi connectivity index (χ1v) is 5.43. The van der Waals surface area contributed by atoms with E-state index in [0.29, 0.717) is 10.8 Å². The maximum atomic E-state index is 11.8. The van der Waals surface area contributed by atoms with Gasteiger partial charge in [0.05, 0.1) is 6.54 Å². The Bertz CT molecular complexity index is 368. The van der Waals surface area contributed by atoms with Gasteiger partial charge >= 0.3 is 6.18 Å². The summed E-state index contributed by atoms with van der Waals surface area (Å²) in [5.41, 5.74) is 0.855. The van der Waals surface area contributed by atoms with Crippen molar-refractivity contribution in [2.45, 2.75) is 13.1 Å². The Labute approximate surface area is 103 Å². The molecule has 1 rings (SSSR count). The van der Waals surface area contributed by atoms with Crippen LogP contribution in [0.2, 0.25) is 5.02 Å². The number of rotatable bonds is 5. The summed E-state index contributed by atoms with van der Waals surface area (Å²) in [7, 11) is 0. The van der Waals surface area contributed by atoms with Crippen LogP contribution in [0.5, 0.6) is 5.75 Å². The summed E-state index contributed by atoms with van der Waals surface area (Å²) >= 11 is 5.76. The van der Waals surface area contributed by atoms with E-state index in [1.165, 1.54) is 0 Å². The number of halogens is 4. The van der Waals surface area contributed by atoms with Gasteiger partial charge in [-0.15, -0.1) is 0 Å². The normalized spacial score (nSPS) is 11.6. The first-order valence-electron chi connectivity index (χ1n) is 5.05. The van der Waals surface area contributed by atoms with Gasteiger partial charge in [-0.2, -0.15) is 13.2 Å². The van der Waals surface area contributed by atoms with E-state index in [0.717, 1.165) is 5.56 Å². The fourth-order valence-corrected chi connectivity index (χ4v) is 1.46. The average molecular weight is 268 g/mol. The third-order valence-corrected chi connectivity index (χ3v) is 2.23. The highest BCUT2D eigenvalue weighted by atomic mass is 35.5. The summed E-state index contributed by atoms with van der Waals surface area (Å²) < 4.78 is 40.7. The molecule has 0 fully saturated rings. The number of hydrogen-bond donors (Lipinski definition) is 1. The van der Waals surface area contributed by atoms with Crippen molar-refractivity contribution < 1.29 is 17.9 Å². The first kappa shape index (κ1) is 14.1. The Hall–Kier alpha value is -0.940. The molecule has 0 amide bonds. The Kier molecular flexibility index (Phi) is 5.08. The first-order chi connectivity index (χ1) is 7.88. The fraction of sp³-hybridized carbons (Fsp3) is 0.455. The van der Waals surface area contributed by atoms with Crippen molar-refractivity contribution in [1.82, 2.24) is 5.32 Å². The second kappa shape index (κ2) is 6.12. The summed E-state index contributed by atoms with van der Waals surface area (Å²) in [6.07, 6.45) is -4.18. The van der Waals surface area contributed by atoms with Crippen molar-refractivity contribution in [2.75, 3.05) is 19.7 Å². The Morgan fingerprint density at radius 1 is 1.35 bits per heavy atom. The SMILES string of the molecule is Cc1cc(Cl)ccc1OCCNCC(F)(F)F. The van der Waals surface area contributed by atoms with Crippen LogP contribution in [0.3, 0.4) is 0 Å². The predicted octanol–water partition coefficient (Wildman–Crippen LogP) is 3.18. The molecule has 0 heterocycles. The molecule has 0 aliphatic heterocycles. The van der Waals surface area contributed by atoms with Crippen molar-refractivity contribution in [3.8, 4) is 5.75 Å². The molecule has 0 aliphatic rings. The van der Waals surface area contributed by atoms with Crippen LogP contribution in [0.15, 0.2) is 18.2 Å². The lowest BCUT2D eigenvalue weighted by Crippen LogP contribution is -2.31. The van der Waals surface area contributed by atoms with E-state index in [1.54, 1.807) is 18.2 Å². The Morgan fingerprint density at radius 3 is 2.65 bits per heavy atom. The molecule has 0 atom stereocenters. The number of ether oxygens (including phenoxy) is 1. The fourth-order valence-electron chi connectivity index (χ4n) is 1.24. The van der Waals surface area contributed by atoms with Crippen LogP contribution < -0.4 is 10.1 Å². The molecule has 2 nitrogen and oxygen atoms in total. The van der Waals surface area contributed by atoms with Gasteiger partial charge in [-0.3, -0.25) is 0 Å². The van der Waals surface area contributed by atoms with Gasteiger partial charge in [-0.25, -0.2) is 0 Å². The zero-order valence-electron chi connectivity index (χ0n) is 9.27. The summed E-state index contributed by atoms with van der Waals surface area (Å²) in [6, 6.07) is 5.11. The highest BCUT2D eigenvalue weighted by molar-refractivity contribution is 6.30. The minimum absolute atomic E-state index is 0.140. The van der Waals surface area contributed by atoms with Gasteiger partial charge < -0.3 is 10.1 Å². The minimum Gasteiger partial charge on any atom is -0.492 e. The summed E-state index contributed by atoms with van der Waals surface area (Å²) in [5, 5.41) is 2.85. The molecule has 96 valence electrons. The van der Waals surface area contributed by atoms with Gasteiger partial charge in [-0.1, -0.05) is 11.6 Å². The van der Waals surface area contributed by atoms with Crippen molar-refractivity contribution in [3.05, 3.63) is 28.8 Å². The Balaban J connectivity index is 2.27. The standard InChI is InChI=1S/C11H13ClF3NO/c1-8-6-9(12)2-3-10(8)17-5-4-16-7-11(13,14)15/h2-3,6,16H,4-5,7H2,1H3. The maximum Gasteiger partial charge on any atom is 0.401 e. The van der Waals surface area contributed by atoms with Gasteiger partial charge in [0.2, 0.25) is 0 Å². The van der Waals surface area contributed by atoms with Gasteiger partial charge in [0, 0.05) is 11.6 Å². The number of aryl methyl sites for hydroxylation is 1. The van der Waals surface area contributed by atoms with E-state index < -0.39 is 12.7 Å². The lowest BCUT2D eigenvalue weighted by atomic mass is 10.2. The molecular weight excluding hydrogens is 255 g/mol. The van der Waals surface area contributed by atoms with Crippen LogP contribution >= 0.6 is 11.6 Å². The molecule has 0 bridgehead atoms. The van der Waals surface area contributed by atoms with Crippen LogP contribution in [-0.2, 0) is 0 Å². The second-order valence-electron chi connectivity index (χ2n) is 3.55. The van der Waals surface area contributed by atoms with E-state index in [2.05, 4.69) is 5.32 Å². The molecule has 17 heavy (non-hydrogen) atoms. The lowest BCUT2D eigenvalue weighted by Gasteiger charge is -2.11. The van der Waals surface area contributed by atoms with Crippen LogP contribution in [0, 0.1) is 6.92 Å². The molecule has 1 N–H and O–H groups in total. The molecule has 0 spiro atoms. The topological polar surface area (TPSA) is 21.3 Å². The Morgan fingerprint density at radius 2 is 2.06 bits per heavy atom. The highest BCUT2D eigenvalue weighted by Gasteiger charge is 2.25. The lowest BCUT2D eigenvalue weighted by molar-refractivity contribution is -0.124. The highest BCUT2D eigenvalue weighted by Crippen LogP contribution is 2.21. The van der Waals surface area contributed by atoms with Crippen molar-refractivity contribution >= 4 is 11.6 Å².